The molecule has 33 nitrogen and oxygen atoms in total. The topological polar surface area (TPSA) is 528 Å². The van der Waals surface area contributed by atoms with Crippen molar-refractivity contribution in [2.75, 3.05) is 13.2 Å². The SMILES string of the molecule is CC(C)C[C@H](NC(=O)[C@H](CCC(N)=O)NC(=O)[C@@H]1CCCN1C(=O)CCCCCCCCCCCCCCC(=O)N[C@@H](CO)C(=O)N[C@H](C(=O)N[C@@H](C)C(=O)N[C@@H](CC(N)=O)C(=O)N[C@H](C=O)Cc1ccccc1)C(C)O)C(=O)N[C@H](C(=O)N[C@@H](CC(C)C)C(=O)N[C@@H](Cc1c[nH]c2ccccc12)C(=O)O)[C@@H](C)O. The third-order valence-corrected chi connectivity index (χ3v) is 18.7. The summed E-state index contributed by atoms with van der Waals surface area (Å²) < 4.78 is 0. The number of nitrogens with one attached hydrogen (secondary N) is 11. The van der Waals surface area contributed by atoms with Crippen molar-refractivity contribution in [3.8, 4) is 0 Å². The Morgan fingerprint density at radius 2 is 1.00 bits per heavy atom. The molecule has 1 aliphatic heterocycles. The van der Waals surface area contributed by atoms with E-state index in [1.165, 1.54) is 25.7 Å². The Morgan fingerprint density at radius 3 is 1.53 bits per heavy atom. The van der Waals surface area contributed by atoms with Crippen LogP contribution in [-0.4, -0.2) is 211 Å². The van der Waals surface area contributed by atoms with Gasteiger partial charge < -0.3 is 99.7 Å². The molecule has 13 amide bonds. The van der Waals surface area contributed by atoms with E-state index in [-0.39, 0.29) is 69.1 Å². The smallest absolute Gasteiger partial charge is 0.326 e. The lowest BCUT2D eigenvalue weighted by atomic mass is 9.99. The van der Waals surface area contributed by atoms with E-state index in [0.29, 0.717) is 44.1 Å². The van der Waals surface area contributed by atoms with Gasteiger partial charge in [0.2, 0.25) is 76.8 Å². The number of aliphatic carboxylic acids is 1. The molecular formula is C76H116N14O19. The highest BCUT2D eigenvalue weighted by Gasteiger charge is 2.39. The number of carbonyl (C=O) groups excluding carboxylic acids is 14. The molecule has 2 heterocycles. The number of carboxylic acids is 1. The van der Waals surface area contributed by atoms with E-state index < -0.39 is 169 Å². The number of unbranched alkanes of at least 4 members (excludes halogenated alkanes) is 11. The van der Waals surface area contributed by atoms with Gasteiger partial charge in [0.25, 0.3) is 0 Å². The number of hydrogen-bond donors (Lipinski definition) is 17. The number of H-pyrrole nitrogens is 1. The van der Waals surface area contributed by atoms with Gasteiger partial charge in [-0.15, -0.1) is 0 Å². The van der Waals surface area contributed by atoms with Gasteiger partial charge in [0.1, 0.15) is 66.7 Å². The van der Waals surface area contributed by atoms with Crippen molar-refractivity contribution in [1.82, 2.24) is 63.1 Å². The van der Waals surface area contributed by atoms with Crippen LogP contribution in [0.3, 0.4) is 0 Å². The Kier molecular flexibility index (Phi) is 40.1. The Bertz CT molecular complexity index is 3520. The summed E-state index contributed by atoms with van der Waals surface area (Å²) in [4.78, 5) is 202. The van der Waals surface area contributed by atoms with Crippen LogP contribution in [0.4, 0.5) is 0 Å². The Balaban J connectivity index is 1.15. The molecule has 1 saturated heterocycles. The maximum Gasteiger partial charge on any atom is 0.326 e. The predicted molar refractivity (Wildman–Crippen MR) is 402 cm³/mol. The van der Waals surface area contributed by atoms with Crippen molar-refractivity contribution in [3.05, 3.63) is 71.9 Å². The van der Waals surface area contributed by atoms with Crippen LogP contribution in [0.25, 0.3) is 10.9 Å². The zero-order chi connectivity index (χ0) is 80.9. The number of aromatic amines is 1. The third-order valence-electron chi connectivity index (χ3n) is 18.7. The summed E-state index contributed by atoms with van der Waals surface area (Å²) in [6.45, 7) is 10.3. The highest BCUT2D eigenvalue weighted by atomic mass is 16.4. The molecule has 1 fully saturated rings. The van der Waals surface area contributed by atoms with E-state index in [0.717, 1.165) is 80.7 Å². The number of aliphatic hydroxyl groups is 3. The molecule has 0 saturated carbocycles. The molecule has 33 heteroatoms. The largest absolute Gasteiger partial charge is 0.480 e. The summed E-state index contributed by atoms with van der Waals surface area (Å²) in [5, 5.41) is 67.0. The molecule has 0 radical (unpaired) electrons. The predicted octanol–water partition coefficient (Wildman–Crippen LogP) is 0.544. The highest BCUT2D eigenvalue weighted by molar-refractivity contribution is 5.99. The van der Waals surface area contributed by atoms with Gasteiger partial charge in [-0.2, -0.15) is 0 Å². The van der Waals surface area contributed by atoms with Crippen molar-refractivity contribution >= 4 is 100.0 Å². The molecule has 109 heavy (non-hydrogen) atoms. The number of rotatable bonds is 52. The van der Waals surface area contributed by atoms with E-state index in [4.69, 9.17) is 11.5 Å². The molecule has 0 spiro atoms. The van der Waals surface area contributed by atoms with Crippen LogP contribution in [0, 0.1) is 11.8 Å². The van der Waals surface area contributed by atoms with Gasteiger partial charge in [-0.25, -0.2) is 4.79 Å². The van der Waals surface area contributed by atoms with E-state index >= 15 is 0 Å². The Labute approximate surface area is 636 Å². The van der Waals surface area contributed by atoms with E-state index in [1.54, 1.807) is 70.3 Å². The molecule has 1 unspecified atom stereocenters. The standard InChI is InChI=1S/C76H116N14O19/c1-44(2)36-55(70(102)87-58(76(108)109)39-50-41-79-53-29-24-23-28-52(50)53)86-75(107)66(48(7)94)88-71(103)56(37-45(3)4)85-68(100)54(33-34-61(77)95)83-73(105)60-30-25-35-90(60)64(98)32-22-17-15-13-11-9-8-10-12-14-16-21-31-63(97)82-59(43-92)72(104)89-65(47(6)93)74(106)80-46(5)67(99)84-57(40-62(78)96)69(101)81-51(42-91)38-49-26-19-18-20-27-49/h18-20,23-24,26-29,41-42,44-48,51,54-60,65-66,79,92-94H,8-17,21-22,25,30-40,43H2,1-7H3,(H2,77,95)(H2,78,96)(H,80,106)(H,81,101)(H,82,97)(H,83,105)(H,84,99)(H,85,100)(H,86,107)(H,87,102)(H,88,103)(H,89,104)(H,108,109)/t46-,47?,48+,51-,54-,55-,56-,57-,58-,59-,60-,65-,66-/m0/s1. The van der Waals surface area contributed by atoms with E-state index in [1.807, 2.05) is 18.2 Å². The number of nitrogens with two attached hydrogens (primary N) is 2. The molecule has 4 rings (SSSR count). The number of aliphatic hydroxyl groups excluding tert-OH is 3. The number of amides is 13. The van der Waals surface area contributed by atoms with Crippen LogP contribution >= 0.6 is 0 Å². The van der Waals surface area contributed by atoms with Crippen LogP contribution in [0.2, 0.25) is 0 Å². The summed E-state index contributed by atoms with van der Waals surface area (Å²) >= 11 is 0. The Hall–Kier alpha value is -9.89. The number of fused-ring (bicyclic) bond motifs is 1. The number of hydrogen-bond acceptors (Lipinski definition) is 18. The fraction of sp³-hybridized carbons (Fsp3) is 0.618. The Morgan fingerprint density at radius 1 is 0.514 bits per heavy atom. The second kappa shape index (κ2) is 47.8. The molecule has 19 N–H and O–H groups in total. The molecule has 604 valence electrons. The van der Waals surface area contributed by atoms with Crippen LogP contribution in [0.5, 0.6) is 0 Å². The summed E-state index contributed by atoms with van der Waals surface area (Å²) in [6, 6.07) is 0.900. The van der Waals surface area contributed by atoms with Crippen molar-refractivity contribution in [2.24, 2.45) is 23.3 Å². The second-order valence-corrected chi connectivity index (χ2v) is 29.1. The first-order valence-electron chi connectivity index (χ1n) is 37.9. The van der Waals surface area contributed by atoms with E-state index in [9.17, 15) is 92.3 Å². The first kappa shape index (κ1) is 91.5. The number of benzene rings is 2. The molecule has 1 aromatic heterocycles. The normalized spacial score (nSPS) is 16.0. The summed E-state index contributed by atoms with van der Waals surface area (Å²) in [6.07, 6.45) is 9.24. The summed E-state index contributed by atoms with van der Waals surface area (Å²) in [7, 11) is 0. The van der Waals surface area contributed by atoms with Gasteiger partial charge in [0.05, 0.1) is 31.3 Å². The van der Waals surface area contributed by atoms with Crippen molar-refractivity contribution < 1.29 is 92.3 Å². The molecular weight excluding hydrogens is 1410 g/mol. The molecule has 0 aliphatic carbocycles. The number of nitrogens with zero attached hydrogens (tertiary/aromatic N) is 1. The number of likely N-dealkylation sites (tertiary alicyclic amines) is 1. The third kappa shape index (κ3) is 32.8. The monoisotopic (exact) mass is 1530 g/mol. The van der Waals surface area contributed by atoms with Crippen LogP contribution in [-0.2, 0) is 84.8 Å². The average molecular weight is 1530 g/mol. The molecule has 13 atom stereocenters. The fourth-order valence-corrected chi connectivity index (χ4v) is 12.7. The van der Waals surface area contributed by atoms with Crippen molar-refractivity contribution in [2.45, 2.75) is 275 Å². The number of primary amides is 2. The maximum atomic E-state index is 14.1. The molecule has 1 aliphatic rings. The average Bonchev–Trinajstić information content (AvgIpc) is 1.73. The van der Waals surface area contributed by atoms with Crippen LogP contribution in [0.1, 0.15) is 194 Å². The first-order valence-corrected chi connectivity index (χ1v) is 37.9. The quantitative estimate of drug-likeness (QED) is 0.0271. The minimum atomic E-state index is -1.67. The highest BCUT2D eigenvalue weighted by Crippen LogP contribution is 2.23. The second-order valence-electron chi connectivity index (χ2n) is 29.1. The number of aldehydes is 1. The number of carboxylic acid groups (broad SMARTS) is 1. The lowest BCUT2D eigenvalue weighted by Crippen LogP contribution is -2.61. The lowest BCUT2D eigenvalue weighted by Gasteiger charge is -2.29. The van der Waals surface area contributed by atoms with Crippen LogP contribution in [0.15, 0.2) is 60.8 Å². The lowest BCUT2D eigenvalue weighted by molar-refractivity contribution is -0.142. The van der Waals surface area contributed by atoms with Crippen molar-refractivity contribution in [3.63, 3.8) is 0 Å². The minimum Gasteiger partial charge on any atom is -0.480 e. The molecule has 2 aromatic carbocycles. The van der Waals surface area contributed by atoms with Gasteiger partial charge in [-0.1, -0.05) is 140 Å². The van der Waals surface area contributed by atoms with Gasteiger partial charge in [-0.3, -0.25) is 62.3 Å². The van der Waals surface area contributed by atoms with Crippen molar-refractivity contribution in [1.29, 1.82) is 0 Å². The first-order chi connectivity index (χ1) is 51.7. The summed E-state index contributed by atoms with van der Waals surface area (Å²) in [5.41, 5.74) is 13.0. The van der Waals surface area contributed by atoms with Crippen LogP contribution < -0.4 is 64.6 Å². The molecule has 3 aromatic rings. The molecule has 0 bridgehead atoms. The minimum absolute atomic E-state index is 0.0134. The fourth-order valence-electron chi connectivity index (χ4n) is 12.7. The van der Waals surface area contributed by atoms with Gasteiger partial charge in [0, 0.05) is 49.3 Å². The number of carbonyl (C=O) groups is 15. The number of aromatic nitrogens is 1. The van der Waals surface area contributed by atoms with Gasteiger partial charge >= 0.3 is 5.97 Å². The summed E-state index contributed by atoms with van der Waals surface area (Å²) in [5.74, 6) is -12.2. The zero-order valence-corrected chi connectivity index (χ0v) is 63.7. The van der Waals surface area contributed by atoms with E-state index in [2.05, 4.69) is 58.2 Å². The zero-order valence-electron chi connectivity index (χ0n) is 63.7. The number of para-hydroxylation sites is 1. The van der Waals surface area contributed by atoms with Gasteiger partial charge in [-0.05, 0) is 101 Å². The van der Waals surface area contributed by atoms with Gasteiger partial charge in [0.15, 0.2) is 0 Å². The maximum absolute atomic E-state index is 14.1.